The van der Waals surface area contributed by atoms with Crippen LogP contribution in [0.3, 0.4) is 0 Å². The quantitative estimate of drug-likeness (QED) is 0.472. The molecule has 0 saturated heterocycles. The summed E-state index contributed by atoms with van der Waals surface area (Å²) in [7, 11) is 0. The van der Waals surface area contributed by atoms with Crippen molar-refractivity contribution in [1.29, 1.82) is 0 Å². The van der Waals surface area contributed by atoms with Crippen LogP contribution in [0.25, 0.3) is 5.70 Å². The molecule has 0 aliphatic carbocycles. The van der Waals surface area contributed by atoms with E-state index in [1.807, 2.05) is 54.7 Å². The van der Waals surface area contributed by atoms with Crippen LogP contribution in [0.4, 0.5) is 0 Å². The summed E-state index contributed by atoms with van der Waals surface area (Å²) in [6, 6.07) is 27.2. The lowest BCUT2D eigenvalue weighted by atomic mass is 10.0. The van der Waals surface area contributed by atoms with E-state index < -0.39 is 6.23 Å². The van der Waals surface area contributed by atoms with Crippen molar-refractivity contribution >= 4 is 5.70 Å². The molecule has 1 heterocycles. The number of aryl methyl sites for hydroxylation is 1. The largest absolute Gasteiger partial charge is 0.508 e. The predicted molar refractivity (Wildman–Crippen MR) is 123 cm³/mol. The zero-order valence-electron chi connectivity index (χ0n) is 17.3. The van der Waals surface area contributed by atoms with Gasteiger partial charge < -0.3 is 26.2 Å². The number of hydrogen-bond donors (Lipinski definition) is 4. The van der Waals surface area contributed by atoms with E-state index in [0.717, 1.165) is 28.9 Å². The average Bonchev–Trinajstić information content (AvgIpc) is 2.81. The minimum absolute atomic E-state index is 0.208. The number of rotatable bonds is 7. The summed E-state index contributed by atoms with van der Waals surface area (Å²) in [5.41, 5.74) is 11.3. The second-order valence-corrected chi connectivity index (χ2v) is 7.65. The first kappa shape index (κ1) is 20.6. The Morgan fingerprint density at radius 1 is 0.839 bits per heavy atom. The number of benzene rings is 3. The maximum absolute atomic E-state index is 11.0. The molecule has 4 rings (SSSR count). The van der Waals surface area contributed by atoms with Gasteiger partial charge in [0.2, 0.25) is 0 Å². The Hall–Kier alpha value is -3.70. The first-order valence-corrected chi connectivity index (χ1v) is 10.4. The van der Waals surface area contributed by atoms with E-state index in [0.29, 0.717) is 18.7 Å². The first-order chi connectivity index (χ1) is 15.1. The highest BCUT2D eigenvalue weighted by molar-refractivity contribution is 5.67. The SMILES string of the molecule is NC1=C(Cc2ccccc2)NC(c2ccc(O)cc2)=CN1C(O)CCc1ccccc1. The van der Waals surface area contributed by atoms with Gasteiger partial charge >= 0.3 is 0 Å². The summed E-state index contributed by atoms with van der Waals surface area (Å²) >= 11 is 0. The molecule has 5 nitrogen and oxygen atoms in total. The third-order valence-corrected chi connectivity index (χ3v) is 5.40. The van der Waals surface area contributed by atoms with Crippen LogP contribution in [0.2, 0.25) is 0 Å². The molecule has 31 heavy (non-hydrogen) atoms. The molecule has 5 heteroatoms. The lowest BCUT2D eigenvalue weighted by Gasteiger charge is -2.34. The van der Waals surface area contributed by atoms with Gasteiger partial charge in [-0.1, -0.05) is 60.7 Å². The molecular formula is C26H27N3O2. The topological polar surface area (TPSA) is 81.8 Å². The number of aromatic hydroxyl groups is 1. The minimum atomic E-state index is -0.764. The monoisotopic (exact) mass is 413 g/mol. The Balaban J connectivity index is 1.60. The van der Waals surface area contributed by atoms with Crippen LogP contribution in [0.15, 0.2) is 103 Å². The first-order valence-electron chi connectivity index (χ1n) is 10.4. The zero-order chi connectivity index (χ0) is 21.6. The highest BCUT2D eigenvalue weighted by atomic mass is 16.3. The number of hydrogen-bond acceptors (Lipinski definition) is 5. The van der Waals surface area contributed by atoms with Crippen LogP contribution in [0, 0.1) is 0 Å². The summed E-state index contributed by atoms with van der Waals surface area (Å²) < 4.78 is 0. The van der Waals surface area contributed by atoms with Crippen molar-refractivity contribution in [2.45, 2.75) is 25.5 Å². The smallest absolute Gasteiger partial charge is 0.132 e. The van der Waals surface area contributed by atoms with Gasteiger partial charge in [-0.05, 0) is 53.8 Å². The minimum Gasteiger partial charge on any atom is -0.508 e. The molecule has 5 N–H and O–H groups in total. The van der Waals surface area contributed by atoms with Crippen molar-refractivity contribution in [2.24, 2.45) is 5.73 Å². The number of phenols is 1. The van der Waals surface area contributed by atoms with Crippen LogP contribution >= 0.6 is 0 Å². The number of aliphatic hydroxyl groups excluding tert-OH is 1. The summed E-state index contributed by atoms with van der Waals surface area (Å²) in [6.07, 6.45) is 2.98. The molecule has 3 aromatic rings. The molecule has 3 aromatic carbocycles. The fraction of sp³-hybridized carbons (Fsp3) is 0.154. The van der Waals surface area contributed by atoms with Gasteiger partial charge in [0, 0.05) is 12.6 Å². The summed E-state index contributed by atoms with van der Waals surface area (Å²) in [5.74, 6) is 0.714. The predicted octanol–water partition coefficient (Wildman–Crippen LogP) is 3.92. The number of nitrogens with two attached hydrogens (primary N) is 1. The van der Waals surface area contributed by atoms with Gasteiger partial charge in [0.15, 0.2) is 0 Å². The zero-order valence-corrected chi connectivity index (χ0v) is 17.3. The van der Waals surface area contributed by atoms with Gasteiger partial charge in [0.1, 0.15) is 17.8 Å². The Labute approximate surface area is 182 Å². The molecule has 1 aliphatic heterocycles. The Bertz CT molecular complexity index is 1060. The molecule has 1 unspecified atom stereocenters. The Morgan fingerprint density at radius 3 is 2.10 bits per heavy atom. The number of phenolic OH excluding ortho intramolecular Hbond substituents is 1. The average molecular weight is 414 g/mol. The van der Waals surface area contributed by atoms with E-state index in [4.69, 9.17) is 5.73 Å². The highest BCUT2D eigenvalue weighted by Gasteiger charge is 2.24. The second kappa shape index (κ2) is 9.41. The third kappa shape index (κ3) is 5.08. The summed E-state index contributed by atoms with van der Waals surface area (Å²) in [5, 5.41) is 24.1. The van der Waals surface area contributed by atoms with Crippen molar-refractivity contribution in [3.05, 3.63) is 119 Å². The van der Waals surface area contributed by atoms with E-state index in [1.54, 1.807) is 17.0 Å². The molecule has 0 fully saturated rings. The lowest BCUT2D eigenvalue weighted by molar-refractivity contribution is 0.0496. The molecule has 158 valence electrons. The maximum atomic E-state index is 11.0. The molecule has 0 amide bonds. The normalized spacial score (nSPS) is 14.7. The van der Waals surface area contributed by atoms with Gasteiger partial charge in [0.25, 0.3) is 0 Å². The lowest BCUT2D eigenvalue weighted by Crippen LogP contribution is -2.40. The molecule has 0 aromatic heterocycles. The Kier molecular flexibility index (Phi) is 6.24. The van der Waals surface area contributed by atoms with Crippen LogP contribution in [-0.2, 0) is 12.8 Å². The van der Waals surface area contributed by atoms with Crippen molar-refractivity contribution in [2.75, 3.05) is 0 Å². The van der Waals surface area contributed by atoms with Crippen LogP contribution in [-0.4, -0.2) is 21.3 Å². The van der Waals surface area contributed by atoms with E-state index in [1.165, 1.54) is 5.56 Å². The summed E-state index contributed by atoms with van der Waals surface area (Å²) in [4.78, 5) is 1.74. The van der Waals surface area contributed by atoms with Crippen molar-refractivity contribution in [3.63, 3.8) is 0 Å². The molecule has 0 saturated carbocycles. The number of allylic oxidation sites excluding steroid dienone is 1. The molecule has 1 atom stereocenters. The fourth-order valence-corrected chi connectivity index (χ4v) is 3.67. The van der Waals surface area contributed by atoms with Gasteiger partial charge in [-0.15, -0.1) is 0 Å². The number of nitrogens with zero attached hydrogens (tertiary/aromatic N) is 1. The molecule has 0 bridgehead atoms. The van der Waals surface area contributed by atoms with E-state index >= 15 is 0 Å². The van der Waals surface area contributed by atoms with E-state index in [-0.39, 0.29) is 5.75 Å². The second-order valence-electron chi connectivity index (χ2n) is 7.65. The van der Waals surface area contributed by atoms with Crippen molar-refractivity contribution in [1.82, 2.24) is 10.2 Å². The number of nitrogens with one attached hydrogen (secondary N) is 1. The van der Waals surface area contributed by atoms with Crippen LogP contribution in [0.1, 0.15) is 23.1 Å². The van der Waals surface area contributed by atoms with Crippen molar-refractivity contribution < 1.29 is 10.2 Å². The van der Waals surface area contributed by atoms with Crippen molar-refractivity contribution in [3.8, 4) is 5.75 Å². The van der Waals surface area contributed by atoms with Gasteiger partial charge in [-0.3, -0.25) is 0 Å². The Morgan fingerprint density at radius 2 is 1.45 bits per heavy atom. The van der Waals surface area contributed by atoms with E-state index in [9.17, 15) is 10.2 Å². The van der Waals surface area contributed by atoms with Gasteiger partial charge in [0.05, 0.1) is 11.4 Å². The molecule has 1 aliphatic rings. The molecule has 0 radical (unpaired) electrons. The maximum Gasteiger partial charge on any atom is 0.132 e. The summed E-state index contributed by atoms with van der Waals surface area (Å²) in [6.45, 7) is 0. The highest BCUT2D eigenvalue weighted by Crippen LogP contribution is 2.26. The standard InChI is InChI=1S/C26H27N3O2/c27-26-23(17-20-9-5-2-6-10-20)28-24(21-12-14-22(30)15-13-21)18-29(26)25(31)16-11-19-7-3-1-4-8-19/h1-10,12-15,18,25,28,30-31H,11,16-17,27H2. The fourth-order valence-electron chi connectivity index (χ4n) is 3.67. The van der Waals surface area contributed by atoms with Crippen LogP contribution in [0.5, 0.6) is 5.75 Å². The van der Waals surface area contributed by atoms with E-state index in [2.05, 4.69) is 29.6 Å². The molecular weight excluding hydrogens is 386 g/mol. The number of aliphatic hydroxyl groups is 1. The van der Waals surface area contributed by atoms with Crippen LogP contribution < -0.4 is 11.1 Å². The van der Waals surface area contributed by atoms with Gasteiger partial charge in [-0.25, -0.2) is 0 Å². The van der Waals surface area contributed by atoms with Gasteiger partial charge in [-0.2, -0.15) is 0 Å². The third-order valence-electron chi connectivity index (χ3n) is 5.40. The molecule has 0 spiro atoms.